The third kappa shape index (κ3) is 4.32. The molecule has 0 unspecified atom stereocenters. The highest BCUT2D eigenvalue weighted by molar-refractivity contribution is 9.10. The number of carbonyl (C=O) groups is 1. The van der Waals surface area contributed by atoms with Crippen molar-refractivity contribution in [2.24, 2.45) is 5.73 Å². The van der Waals surface area contributed by atoms with Crippen LogP contribution in [-0.4, -0.2) is 12.6 Å². The van der Waals surface area contributed by atoms with Crippen LogP contribution >= 0.6 is 15.9 Å². The lowest BCUT2D eigenvalue weighted by molar-refractivity contribution is -0.143. The van der Waals surface area contributed by atoms with Gasteiger partial charge in [-0.15, -0.1) is 0 Å². The summed E-state index contributed by atoms with van der Waals surface area (Å²) >= 11 is 3.42. The van der Waals surface area contributed by atoms with E-state index in [0.717, 1.165) is 15.6 Å². The molecule has 4 nitrogen and oxygen atoms in total. The summed E-state index contributed by atoms with van der Waals surface area (Å²) in [7, 11) is 0. The van der Waals surface area contributed by atoms with E-state index in [1.165, 1.54) is 0 Å². The molecule has 0 aliphatic rings. The number of nitrogens with zero attached hydrogens (tertiary/aromatic N) is 1. The van der Waals surface area contributed by atoms with Crippen molar-refractivity contribution in [2.75, 3.05) is 6.61 Å². The highest BCUT2D eigenvalue weighted by atomic mass is 79.9. The Morgan fingerprint density at radius 2 is 2.15 bits per heavy atom. The van der Waals surface area contributed by atoms with E-state index in [1.54, 1.807) is 6.92 Å². The number of hydrogen-bond donors (Lipinski definition) is 1. The molecular weight excluding hydrogens is 320 g/mol. The van der Waals surface area contributed by atoms with Gasteiger partial charge >= 0.3 is 5.97 Å². The first kappa shape index (κ1) is 16.7. The molecule has 0 radical (unpaired) electrons. The molecule has 0 saturated heterocycles. The van der Waals surface area contributed by atoms with Gasteiger partial charge in [-0.3, -0.25) is 4.79 Å². The SMILES string of the molecule is CCOC(=O)C[C@H](N)c1cc(Br)cc(C(C)(C)C#N)c1. The van der Waals surface area contributed by atoms with Crippen molar-refractivity contribution in [3.63, 3.8) is 0 Å². The van der Waals surface area contributed by atoms with Crippen LogP contribution in [-0.2, 0) is 14.9 Å². The molecule has 1 atom stereocenters. The molecule has 0 bridgehead atoms. The van der Waals surface area contributed by atoms with Crippen LogP contribution in [0, 0.1) is 11.3 Å². The quantitative estimate of drug-likeness (QED) is 0.836. The average molecular weight is 339 g/mol. The van der Waals surface area contributed by atoms with E-state index in [1.807, 2.05) is 32.0 Å². The van der Waals surface area contributed by atoms with Crippen molar-refractivity contribution in [1.29, 1.82) is 5.26 Å². The number of carbonyl (C=O) groups excluding carboxylic acids is 1. The summed E-state index contributed by atoms with van der Waals surface area (Å²) in [5, 5.41) is 9.21. The Balaban J connectivity index is 3.02. The van der Waals surface area contributed by atoms with E-state index >= 15 is 0 Å². The van der Waals surface area contributed by atoms with Gasteiger partial charge < -0.3 is 10.5 Å². The molecule has 0 aliphatic carbocycles. The highest BCUT2D eigenvalue weighted by Crippen LogP contribution is 2.29. The van der Waals surface area contributed by atoms with Crippen LogP contribution in [0.5, 0.6) is 0 Å². The van der Waals surface area contributed by atoms with Crippen LogP contribution in [0.25, 0.3) is 0 Å². The van der Waals surface area contributed by atoms with Crippen molar-refractivity contribution < 1.29 is 9.53 Å². The number of ether oxygens (including phenoxy) is 1. The predicted molar refractivity (Wildman–Crippen MR) is 81.0 cm³/mol. The Morgan fingerprint density at radius 1 is 1.50 bits per heavy atom. The van der Waals surface area contributed by atoms with Gasteiger partial charge in [-0.2, -0.15) is 5.26 Å². The molecular formula is C15H19BrN2O2. The standard InChI is InChI=1S/C15H19BrN2O2/c1-4-20-14(19)8-13(18)10-5-11(7-12(16)6-10)15(2,3)9-17/h5-7,13H,4,8,18H2,1-3H3/t13-/m0/s1. The third-order valence-electron chi connectivity index (χ3n) is 3.04. The fourth-order valence-electron chi connectivity index (χ4n) is 1.77. The zero-order valence-corrected chi connectivity index (χ0v) is 13.5. The molecule has 1 aromatic carbocycles. The normalized spacial score (nSPS) is 12.6. The first-order chi connectivity index (χ1) is 9.30. The number of rotatable bonds is 5. The predicted octanol–water partition coefficient (Wildman–Crippen LogP) is 3.20. The van der Waals surface area contributed by atoms with Crippen LogP contribution in [0.1, 0.15) is 44.4 Å². The van der Waals surface area contributed by atoms with Crippen molar-refractivity contribution in [3.8, 4) is 6.07 Å². The third-order valence-corrected chi connectivity index (χ3v) is 3.50. The number of halogens is 1. The average Bonchev–Trinajstić information content (AvgIpc) is 2.38. The second kappa shape index (κ2) is 6.87. The van der Waals surface area contributed by atoms with Gasteiger partial charge in [0, 0.05) is 10.5 Å². The Bertz CT molecular complexity index is 535. The van der Waals surface area contributed by atoms with E-state index in [0.29, 0.717) is 6.61 Å². The Hall–Kier alpha value is -1.38. The molecule has 0 amide bonds. The molecule has 0 aromatic heterocycles. The Morgan fingerprint density at radius 3 is 2.70 bits per heavy atom. The van der Waals surface area contributed by atoms with E-state index in [9.17, 15) is 10.1 Å². The van der Waals surface area contributed by atoms with Gasteiger partial charge in [-0.1, -0.05) is 22.0 Å². The van der Waals surface area contributed by atoms with Gasteiger partial charge in [0.1, 0.15) is 0 Å². The number of esters is 1. The maximum Gasteiger partial charge on any atom is 0.307 e. The summed E-state index contributed by atoms with van der Waals surface area (Å²) in [5.74, 6) is -0.318. The number of nitriles is 1. The van der Waals surface area contributed by atoms with Crippen LogP contribution in [0.15, 0.2) is 22.7 Å². The Labute approximate surface area is 128 Å². The van der Waals surface area contributed by atoms with Crippen LogP contribution in [0.3, 0.4) is 0 Å². The number of nitrogens with two attached hydrogens (primary N) is 1. The molecule has 5 heteroatoms. The van der Waals surface area contributed by atoms with E-state index < -0.39 is 11.5 Å². The zero-order chi connectivity index (χ0) is 15.3. The summed E-state index contributed by atoms with van der Waals surface area (Å²) in [5.41, 5.74) is 7.11. The smallest absolute Gasteiger partial charge is 0.307 e. The zero-order valence-electron chi connectivity index (χ0n) is 11.9. The van der Waals surface area contributed by atoms with E-state index in [2.05, 4.69) is 22.0 Å². The van der Waals surface area contributed by atoms with Gasteiger partial charge in [0.05, 0.1) is 24.5 Å². The molecule has 0 aliphatic heterocycles. The lowest BCUT2D eigenvalue weighted by atomic mass is 9.84. The number of hydrogen-bond acceptors (Lipinski definition) is 4. The molecule has 1 rings (SSSR count). The fraction of sp³-hybridized carbons (Fsp3) is 0.467. The molecule has 108 valence electrons. The first-order valence-corrected chi connectivity index (χ1v) is 7.23. The second-order valence-electron chi connectivity index (χ2n) is 5.13. The summed E-state index contributed by atoms with van der Waals surface area (Å²) in [6.07, 6.45) is 0.122. The summed E-state index contributed by atoms with van der Waals surface area (Å²) in [6, 6.07) is 7.44. The van der Waals surface area contributed by atoms with Gasteiger partial charge in [0.2, 0.25) is 0 Å². The van der Waals surface area contributed by atoms with Crippen LogP contribution < -0.4 is 5.73 Å². The van der Waals surface area contributed by atoms with Crippen molar-refractivity contribution in [1.82, 2.24) is 0 Å². The van der Waals surface area contributed by atoms with Crippen molar-refractivity contribution >= 4 is 21.9 Å². The van der Waals surface area contributed by atoms with E-state index in [4.69, 9.17) is 10.5 Å². The maximum absolute atomic E-state index is 11.5. The van der Waals surface area contributed by atoms with Gasteiger partial charge in [0.25, 0.3) is 0 Å². The van der Waals surface area contributed by atoms with Crippen LogP contribution in [0.4, 0.5) is 0 Å². The highest BCUT2D eigenvalue weighted by Gasteiger charge is 2.22. The summed E-state index contributed by atoms with van der Waals surface area (Å²) in [4.78, 5) is 11.5. The minimum Gasteiger partial charge on any atom is -0.466 e. The molecule has 0 saturated carbocycles. The topological polar surface area (TPSA) is 76.1 Å². The molecule has 2 N–H and O–H groups in total. The van der Waals surface area contributed by atoms with E-state index in [-0.39, 0.29) is 12.4 Å². The minimum atomic E-state index is -0.609. The fourth-order valence-corrected chi connectivity index (χ4v) is 2.28. The minimum absolute atomic E-state index is 0.122. The first-order valence-electron chi connectivity index (χ1n) is 6.43. The van der Waals surface area contributed by atoms with Gasteiger partial charge in [-0.05, 0) is 44.0 Å². The molecule has 0 heterocycles. The monoisotopic (exact) mass is 338 g/mol. The molecule has 1 aromatic rings. The molecule has 0 spiro atoms. The van der Waals surface area contributed by atoms with Gasteiger partial charge in [-0.25, -0.2) is 0 Å². The van der Waals surface area contributed by atoms with Crippen molar-refractivity contribution in [3.05, 3.63) is 33.8 Å². The number of benzene rings is 1. The summed E-state index contributed by atoms with van der Waals surface area (Å²) in [6.45, 7) is 5.79. The lowest BCUT2D eigenvalue weighted by Crippen LogP contribution is -2.19. The lowest BCUT2D eigenvalue weighted by Gasteiger charge is -2.19. The Kier molecular flexibility index (Phi) is 5.73. The second-order valence-corrected chi connectivity index (χ2v) is 6.04. The van der Waals surface area contributed by atoms with Gasteiger partial charge in [0.15, 0.2) is 0 Å². The van der Waals surface area contributed by atoms with Crippen LogP contribution in [0.2, 0.25) is 0 Å². The maximum atomic E-state index is 11.5. The molecule has 20 heavy (non-hydrogen) atoms. The van der Waals surface area contributed by atoms with Crippen molar-refractivity contribution in [2.45, 2.75) is 38.6 Å². The largest absolute Gasteiger partial charge is 0.466 e. The summed E-state index contributed by atoms with van der Waals surface area (Å²) < 4.78 is 5.74. The molecule has 0 fully saturated rings.